The Hall–Kier alpha value is -0.930. The zero-order valence-electron chi connectivity index (χ0n) is 9.45. The van der Waals surface area contributed by atoms with Crippen LogP contribution >= 0.6 is 0 Å². The fourth-order valence-electron chi connectivity index (χ4n) is 2.18. The van der Waals surface area contributed by atoms with Gasteiger partial charge in [0.2, 0.25) is 0 Å². The number of benzene rings is 1. The summed E-state index contributed by atoms with van der Waals surface area (Å²) in [6.45, 7) is 3.38. The van der Waals surface area contributed by atoms with E-state index in [2.05, 4.69) is 0 Å². The van der Waals surface area contributed by atoms with E-state index in [1.807, 2.05) is 6.92 Å². The van der Waals surface area contributed by atoms with Crippen LogP contribution in [0.4, 0.5) is 4.39 Å². The summed E-state index contributed by atoms with van der Waals surface area (Å²) in [7, 11) is 0. The number of halogens is 1. The molecule has 0 bridgehead atoms. The zero-order chi connectivity index (χ0) is 11.5. The molecule has 1 aromatic rings. The van der Waals surface area contributed by atoms with Crippen molar-refractivity contribution in [3.63, 3.8) is 0 Å². The van der Waals surface area contributed by atoms with Crippen molar-refractivity contribution in [3.05, 3.63) is 35.1 Å². The standard InChI is InChI=1S/C13H17FO2/c1-9-2-3-11(14)7-12(9)13(15)6-10-4-5-16-8-10/h2-3,7,10,13,15H,4-6,8H2,1H3. The molecule has 1 N–H and O–H groups in total. The summed E-state index contributed by atoms with van der Waals surface area (Å²) in [5, 5.41) is 10.1. The SMILES string of the molecule is Cc1ccc(F)cc1C(O)CC1CCOC1. The van der Waals surface area contributed by atoms with E-state index in [9.17, 15) is 9.50 Å². The lowest BCUT2D eigenvalue weighted by Crippen LogP contribution is -2.08. The topological polar surface area (TPSA) is 29.5 Å². The Balaban J connectivity index is 2.07. The van der Waals surface area contributed by atoms with Crippen LogP contribution in [0.15, 0.2) is 18.2 Å². The predicted molar refractivity (Wildman–Crippen MR) is 59.6 cm³/mol. The molecule has 16 heavy (non-hydrogen) atoms. The molecule has 1 aliphatic rings. The normalized spacial score (nSPS) is 22.3. The molecule has 2 unspecified atom stereocenters. The lowest BCUT2D eigenvalue weighted by molar-refractivity contribution is 0.129. The highest BCUT2D eigenvalue weighted by Gasteiger charge is 2.21. The maximum absolute atomic E-state index is 13.1. The minimum atomic E-state index is -0.581. The molecule has 3 heteroatoms. The van der Waals surface area contributed by atoms with Gasteiger partial charge in [-0.1, -0.05) is 6.07 Å². The van der Waals surface area contributed by atoms with Crippen molar-refractivity contribution in [2.24, 2.45) is 5.92 Å². The minimum absolute atomic E-state index is 0.290. The molecule has 1 heterocycles. The van der Waals surface area contributed by atoms with Gasteiger partial charge in [-0.05, 0) is 48.9 Å². The number of rotatable bonds is 3. The van der Waals surface area contributed by atoms with Crippen molar-refractivity contribution < 1.29 is 14.2 Å². The average molecular weight is 224 g/mol. The van der Waals surface area contributed by atoms with Gasteiger partial charge in [0.25, 0.3) is 0 Å². The van der Waals surface area contributed by atoms with Gasteiger partial charge in [0.05, 0.1) is 6.10 Å². The zero-order valence-corrected chi connectivity index (χ0v) is 9.45. The number of hydrogen-bond donors (Lipinski definition) is 1. The second-order valence-corrected chi connectivity index (χ2v) is 4.48. The average Bonchev–Trinajstić information content (AvgIpc) is 2.74. The van der Waals surface area contributed by atoms with E-state index in [0.717, 1.165) is 18.6 Å². The highest BCUT2D eigenvalue weighted by Crippen LogP contribution is 2.28. The Labute approximate surface area is 95.1 Å². The first kappa shape index (κ1) is 11.6. The van der Waals surface area contributed by atoms with Crippen LogP contribution in [0.25, 0.3) is 0 Å². The monoisotopic (exact) mass is 224 g/mol. The first-order valence-electron chi connectivity index (χ1n) is 5.68. The third kappa shape index (κ3) is 2.60. The third-order valence-corrected chi connectivity index (χ3v) is 3.18. The largest absolute Gasteiger partial charge is 0.388 e. The fraction of sp³-hybridized carbons (Fsp3) is 0.538. The molecule has 0 aromatic heterocycles. The van der Waals surface area contributed by atoms with E-state index < -0.39 is 6.10 Å². The molecule has 1 aliphatic heterocycles. The van der Waals surface area contributed by atoms with Crippen molar-refractivity contribution in [1.29, 1.82) is 0 Å². The number of aliphatic hydroxyl groups is 1. The van der Waals surface area contributed by atoms with Crippen LogP contribution in [0, 0.1) is 18.7 Å². The second kappa shape index (κ2) is 4.93. The van der Waals surface area contributed by atoms with Gasteiger partial charge in [0.1, 0.15) is 5.82 Å². The van der Waals surface area contributed by atoms with Crippen LogP contribution in [-0.2, 0) is 4.74 Å². The van der Waals surface area contributed by atoms with Crippen LogP contribution in [-0.4, -0.2) is 18.3 Å². The van der Waals surface area contributed by atoms with Crippen molar-refractivity contribution >= 4 is 0 Å². The Morgan fingerprint density at radius 3 is 3.06 bits per heavy atom. The quantitative estimate of drug-likeness (QED) is 0.855. The third-order valence-electron chi connectivity index (χ3n) is 3.18. The molecule has 1 saturated heterocycles. The van der Waals surface area contributed by atoms with E-state index in [1.165, 1.54) is 12.1 Å². The molecule has 0 saturated carbocycles. The number of hydrogen-bond acceptors (Lipinski definition) is 2. The maximum Gasteiger partial charge on any atom is 0.123 e. The van der Waals surface area contributed by atoms with Gasteiger partial charge in [-0.25, -0.2) is 4.39 Å². The predicted octanol–water partition coefficient (Wildman–Crippen LogP) is 2.59. The Morgan fingerprint density at radius 2 is 2.38 bits per heavy atom. The molecule has 0 aliphatic carbocycles. The lowest BCUT2D eigenvalue weighted by atomic mass is 9.94. The summed E-state index contributed by atoms with van der Waals surface area (Å²) >= 11 is 0. The van der Waals surface area contributed by atoms with Gasteiger partial charge >= 0.3 is 0 Å². The summed E-state index contributed by atoms with van der Waals surface area (Å²) in [5.41, 5.74) is 1.64. The summed E-state index contributed by atoms with van der Waals surface area (Å²) < 4.78 is 18.3. The van der Waals surface area contributed by atoms with Crippen molar-refractivity contribution in [2.75, 3.05) is 13.2 Å². The summed E-state index contributed by atoms with van der Waals surface area (Å²) in [6, 6.07) is 4.55. The summed E-state index contributed by atoms with van der Waals surface area (Å²) in [4.78, 5) is 0. The molecule has 2 nitrogen and oxygen atoms in total. The highest BCUT2D eigenvalue weighted by molar-refractivity contribution is 5.28. The molecule has 0 spiro atoms. The van der Waals surface area contributed by atoms with Crippen molar-refractivity contribution in [2.45, 2.75) is 25.9 Å². The second-order valence-electron chi connectivity index (χ2n) is 4.48. The first-order chi connectivity index (χ1) is 7.66. The number of aliphatic hydroxyl groups excluding tert-OH is 1. The van der Waals surface area contributed by atoms with E-state index in [1.54, 1.807) is 6.07 Å². The Morgan fingerprint density at radius 1 is 1.56 bits per heavy atom. The van der Waals surface area contributed by atoms with Gasteiger partial charge in [0.15, 0.2) is 0 Å². The number of aryl methyl sites for hydroxylation is 1. The fourth-order valence-corrected chi connectivity index (χ4v) is 2.18. The smallest absolute Gasteiger partial charge is 0.123 e. The van der Waals surface area contributed by atoms with Crippen molar-refractivity contribution in [3.8, 4) is 0 Å². The van der Waals surface area contributed by atoms with E-state index in [4.69, 9.17) is 4.74 Å². The summed E-state index contributed by atoms with van der Waals surface area (Å²) in [6.07, 6.45) is 1.07. The van der Waals surface area contributed by atoms with Gasteiger partial charge in [-0.15, -0.1) is 0 Å². The molecule has 1 fully saturated rings. The number of ether oxygens (including phenoxy) is 1. The van der Waals surface area contributed by atoms with Gasteiger partial charge in [-0.3, -0.25) is 0 Å². The first-order valence-corrected chi connectivity index (χ1v) is 5.68. The molecular weight excluding hydrogens is 207 g/mol. The van der Waals surface area contributed by atoms with Gasteiger partial charge in [-0.2, -0.15) is 0 Å². The van der Waals surface area contributed by atoms with Crippen LogP contribution in [0.3, 0.4) is 0 Å². The van der Waals surface area contributed by atoms with E-state index in [0.29, 0.717) is 24.5 Å². The minimum Gasteiger partial charge on any atom is -0.388 e. The van der Waals surface area contributed by atoms with Crippen LogP contribution in [0.1, 0.15) is 30.1 Å². The Bertz CT molecular complexity index is 359. The lowest BCUT2D eigenvalue weighted by Gasteiger charge is -2.16. The molecule has 88 valence electrons. The maximum atomic E-state index is 13.1. The van der Waals surface area contributed by atoms with Crippen LogP contribution in [0.2, 0.25) is 0 Å². The van der Waals surface area contributed by atoms with Gasteiger partial charge in [0, 0.05) is 13.2 Å². The molecule has 2 rings (SSSR count). The summed E-state index contributed by atoms with van der Waals surface area (Å²) in [5.74, 6) is 0.111. The van der Waals surface area contributed by atoms with Crippen LogP contribution in [0.5, 0.6) is 0 Å². The van der Waals surface area contributed by atoms with E-state index >= 15 is 0 Å². The molecular formula is C13H17FO2. The van der Waals surface area contributed by atoms with Gasteiger partial charge < -0.3 is 9.84 Å². The molecule has 2 atom stereocenters. The Kier molecular flexibility index (Phi) is 3.56. The molecule has 1 aromatic carbocycles. The van der Waals surface area contributed by atoms with Crippen LogP contribution < -0.4 is 0 Å². The van der Waals surface area contributed by atoms with E-state index in [-0.39, 0.29) is 5.82 Å². The molecule has 0 amide bonds. The van der Waals surface area contributed by atoms with Crippen molar-refractivity contribution in [1.82, 2.24) is 0 Å². The highest BCUT2D eigenvalue weighted by atomic mass is 19.1. The molecule has 0 radical (unpaired) electrons.